The summed E-state index contributed by atoms with van der Waals surface area (Å²) >= 11 is 0. The molecular weight excluding hydrogens is 236 g/mol. The van der Waals surface area contributed by atoms with Gasteiger partial charge in [0, 0.05) is 11.3 Å². The number of nitrogens with two attached hydrogens (primary N) is 1. The number of aliphatic carboxylic acids is 1. The lowest BCUT2D eigenvalue weighted by molar-refractivity contribution is -0.139. The van der Waals surface area contributed by atoms with Gasteiger partial charge in [0.05, 0.1) is 11.8 Å². The summed E-state index contributed by atoms with van der Waals surface area (Å²) in [5.74, 6) is -2.83. The molecule has 2 rings (SSSR count). The molecular formula is C12H12N2O4. The average molecular weight is 248 g/mol. The quantitative estimate of drug-likeness (QED) is 0.718. The maximum absolute atomic E-state index is 11.6. The summed E-state index contributed by atoms with van der Waals surface area (Å²) < 4.78 is 0. The Morgan fingerprint density at radius 3 is 2.22 bits per heavy atom. The highest BCUT2D eigenvalue weighted by Crippen LogP contribution is 2.39. The van der Waals surface area contributed by atoms with Crippen LogP contribution in [0.1, 0.15) is 16.8 Å². The Bertz CT molecular complexity index is 509. The zero-order valence-corrected chi connectivity index (χ0v) is 9.42. The van der Waals surface area contributed by atoms with Crippen molar-refractivity contribution in [1.82, 2.24) is 0 Å². The van der Waals surface area contributed by atoms with Crippen molar-refractivity contribution in [3.8, 4) is 0 Å². The summed E-state index contributed by atoms with van der Waals surface area (Å²) in [5.41, 5.74) is 5.95. The minimum atomic E-state index is -0.945. The van der Waals surface area contributed by atoms with Crippen LogP contribution in [0.25, 0.3) is 0 Å². The highest BCUT2D eigenvalue weighted by molar-refractivity contribution is 5.99. The van der Waals surface area contributed by atoms with Crippen LogP contribution < -0.4 is 11.1 Å². The van der Waals surface area contributed by atoms with Gasteiger partial charge in [0.2, 0.25) is 11.8 Å². The number of nitrogens with one attached hydrogen (secondary N) is 1. The van der Waals surface area contributed by atoms with E-state index in [0.717, 1.165) is 0 Å². The van der Waals surface area contributed by atoms with E-state index in [1.165, 1.54) is 12.1 Å². The predicted molar refractivity (Wildman–Crippen MR) is 62.8 cm³/mol. The molecule has 6 heteroatoms. The van der Waals surface area contributed by atoms with E-state index < -0.39 is 23.7 Å². The minimum Gasteiger partial charge on any atom is -0.481 e. The van der Waals surface area contributed by atoms with Crippen molar-refractivity contribution in [3.05, 3.63) is 29.8 Å². The molecule has 0 heterocycles. The summed E-state index contributed by atoms with van der Waals surface area (Å²) in [5, 5.41) is 11.3. The fraction of sp³-hybridized carbons (Fsp3) is 0.250. The van der Waals surface area contributed by atoms with Crippen LogP contribution >= 0.6 is 0 Å². The molecule has 18 heavy (non-hydrogen) atoms. The van der Waals surface area contributed by atoms with Crippen LogP contribution in [0.2, 0.25) is 0 Å². The lowest BCUT2D eigenvalue weighted by atomic mass is 10.2. The van der Waals surface area contributed by atoms with E-state index in [2.05, 4.69) is 5.32 Å². The van der Waals surface area contributed by atoms with Crippen molar-refractivity contribution in [2.45, 2.75) is 6.42 Å². The molecule has 0 unspecified atom stereocenters. The van der Waals surface area contributed by atoms with E-state index in [1.807, 2.05) is 0 Å². The molecule has 1 aromatic rings. The van der Waals surface area contributed by atoms with Crippen molar-refractivity contribution in [2.24, 2.45) is 17.6 Å². The van der Waals surface area contributed by atoms with Gasteiger partial charge in [0.15, 0.2) is 0 Å². The first kappa shape index (κ1) is 12.1. The van der Waals surface area contributed by atoms with E-state index in [0.29, 0.717) is 17.7 Å². The van der Waals surface area contributed by atoms with E-state index in [4.69, 9.17) is 10.8 Å². The molecule has 0 spiro atoms. The third-order valence-electron chi connectivity index (χ3n) is 2.88. The topological polar surface area (TPSA) is 109 Å². The van der Waals surface area contributed by atoms with Crippen molar-refractivity contribution in [3.63, 3.8) is 0 Å². The number of rotatable bonds is 4. The van der Waals surface area contributed by atoms with E-state index in [1.54, 1.807) is 12.1 Å². The van der Waals surface area contributed by atoms with Gasteiger partial charge in [-0.25, -0.2) is 0 Å². The Balaban J connectivity index is 1.96. The number of carboxylic acids is 1. The second-order valence-electron chi connectivity index (χ2n) is 4.22. The largest absolute Gasteiger partial charge is 0.481 e. The van der Waals surface area contributed by atoms with Gasteiger partial charge >= 0.3 is 5.97 Å². The van der Waals surface area contributed by atoms with E-state index in [-0.39, 0.29) is 5.91 Å². The standard InChI is InChI=1S/C12H12N2O4/c13-10(15)6-1-3-7(4-2-6)14-11(16)8-5-9(8)12(17)18/h1-4,8-9H,5H2,(H2,13,15)(H,14,16)(H,17,18)/t8-,9+/m0/s1. The van der Waals surface area contributed by atoms with Gasteiger partial charge in [0.1, 0.15) is 0 Å². The molecule has 1 fully saturated rings. The third kappa shape index (κ3) is 2.48. The van der Waals surface area contributed by atoms with Gasteiger partial charge in [0.25, 0.3) is 0 Å². The van der Waals surface area contributed by atoms with E-state index >= 15 is 0 Å². The molecule has 4 N–H and O–H groups in total. The number of carbonyl (C=O) groups excluding carboxylic acids is 2. The Labute approximate surface area is 103 Å². The smallest absolute Gasteiger partial charge is 0.307 e. The molecule has 1 aromatic carbocycles. The number of carboxylic acid groups (broad SMARTS) is 1. The number of hydrogen-bond acceptors (Lipinski definition) is 3. The summed E-state index contributed by atoms with van der Waals surface area (Å²) in [4.78, 5) is 33.1. The molecule has 2 amide bonds. The van der Waals surface area contributed by atoms with Crippen LogP contribution in [-0.4, -0.2) is 22.9 Å². The van der Waals surface area contributed by atoms with Gasteiger partial charge < -0.3 is 16.2 Å². The molecule has 0 radical (unpaired) electrons. The fourth-order valence-corrected chi connectivity index (χ4v) is 1.71. The number of anilines is 1. The number of amides is 2. The van der Waals surface area contributed by atoms with E-state index in [9.17, 15) is 14.4 Å². The molecule has 94 valence electrons. The fourth-order valence-electron chi connectivity index (χ4n) is 1.71. The average Bonchev–Trinajstić information content (AvgIpc) is 3.09. The third-order valence-corrected chi connectivity index (χ3v) is 2.88. The molecule has 1 aliphatic carbocycles. The first-order valence-electron chi connectivity index (χ1n) is 5.42. The molecule has 1 aliphatic rings. The molecule has 2 atom stereocenters. The highest BCUT2D eigenvalue weighted by Gasteiger charge is 2.48. The van der Waals surface area contributed by atoms with Gasteiger partial charge in [-0.05, 0) is 30.7 Å². The first-order valence-corrected chi connectivity index (χ1v) is 5.42. The molecule has 0 aliphatic heterocycles. The SMILES string of the molecule is NC(=O)c1ccc(NC(=O)[C@H]2C[C@H]2C(=O)O)cc1. The predicted octanol–water partition coefficient (Wildman–Crippen LogP) is 0.445. The first-order chi connectivity index (χ1) is 8.49. The number of benzene rings is 1. The monoisotopic (exact) mass is 248 g/mol. The number of primary amides is 1. The lowest BCUT2D eigenvalue weighted by Gasteiger charge is -2.04. The van der Waals surface area contributed by atoms with Crippen LogP contribution in [0.4, 0.5) is 5.69 Å². The molecule has 0 aromatic heterocycles. The van der Waals surface area contributed by atoms with Crippen LogP contribution in [-0.2, 0) is 9.59 Å². The second kappa shape index (κ2) is 4.48. The summed E-state index contributed by atoms with van der Waals surface area (Å²) in [6, 6.07) is 6.10. The van der Waals surface area contributed by atoms with Crippen molar-refractivity contribution in [1.29, 1.82) is 0 Å². The summed E-state index contributed by atoms with van der Waals surface area (Å²) in [6.45, 7) is 0. The summed E-state index contributed by atoms with van der Waals surface area (Å²) in [7, 11) is 0. The van der Waals surface area contributed by atoms with Crippen molar-refractivity contribution in [2.75, 3.05) is 5.32 Å². The van der Waals surface area contributed by atoms with Gasteiger partial charge in [-0.1, -0.05) is 0 Å². The minimum absolute atomic E-state index is 0.311. The normalized spacial score (nSPS) is 21.1. The number of carbonyl (C=O) groups is 3. The molecule has 6 nitrogen and oxygen atoms in total. The lowest BCUT2D eigenvalue weighted by Crippen LogP contribution is -2.17. The van der Waals surface area contributed by atoms with Crippen LogP contribution in [0.5, 0.6) is 0 Å². The Morgan fingerprint density at radius 1 is 1.17 bits per heavy atom. The second-order valence-corrected chi connectivity index (χ2v) is 4.22. The molecule has 0 bridgehead atoms. The van der Waals surface area contributed by atoms with Gasteiger partial charge in [-0.15, -0.1) is 0 Å². The number of hydrogen-bond donors (Lipinski definition) is 3. The van der Waals surface area contributed by atoms with Crippen LogP contribution in [0.3, 0.4) is 0 Å². The highest BCUT2D eigenvalue weighted by atomic mass is 16.4. The zero-order valence-electron chi connectivity index (χ0n) is 9.42. The Hall–Kier alpha value is -2.37. The maximum Gasteiger partial charge on any atom is 0.307 e. The summed E-state index contributed by atoms with van der Waals surface area (Å²) in [6.07, 6.45) is 0.376. The van der Waals surface area contributed by atoms with Crippen LogP contribution in [0, 0.1) is 11.8 Å². The molecule has 0 saturated heterocycles. The Kier molecular flexibility index (Phi) is 3.01. The van der Waals surface area contributed by atoms with Crippen LogP contribution in [0.15, 0.2) is 24.3 Å². The van der Waals surface area contributed by atoms with Gasteiger partial charge in [-0.2, -0.15) is 0 Å². The van der Waals surface area contributed by atoms with Gasteiger partial charge in [-0.3, -0.25) is 14.4 Å². The van der Waals surface area contributed by atoms with Crippen molar-refractivity contribution >= 4 is 23.5 Å². The van der Waals surface area contributed by atoms with Crippen molar-refractivity contribution < 1.29 is 19.5 Å². The maximum atomic E-state index is 11.6. The molecule has 1 saturated carbocycles. The Morgan fingerprint density at radius 2 is 1.78 bits per heavy atom. The zero-order chi connectivity index (χ0) is 13.3.